The Labute approximate surface area is 238 Å². The maximum absolute atomic E-state index is 2.69. The van der Waals surface area contributed by atoms with E-state index in [1.165, 1.54) is 47.9 Å². The summed E-state index contributed by atoms with van der Waals surface area (Å²) >= 11 is -2.14. The van der Waals surface area contributed by atoms with E-state index >= 15 is 0 Å². The van der Waals surface area contributed by atoms with Crippen LogP contribution in [0.25, 0.3) is 12.2 Å². The van der Waals surface area contributed by atoms with E-state index in [4.69, 9.17) is 0 Å². The number of hydrogen-bond donors (Lipinski definition) is 0. The molecule has 0 spiro atoms. The van der Waals surface area contributed by atoms with Gasteiger partial charge < -0.3 is 0 Å². The van der Waals surface area contributed by atoms with Crippen molar-refractivity contribution in [2.24, 2.45) is 0 Å². The molecule has 0 saturated carbocycles. The third-order valence-corrected chi connectivity index (χ3v) is 25.5. The maximum atomic E-state index is 2.69. The fraction of sp³-hybridized carbons (Fsp3) is 0.500. The number of benzene rings is 2. The van der Waals surface area contributed by atoms with Crippen molar-refractivity contribution in [2.45, 2.75) is 104 Å². The quantitative estimate of drug-likeness (QED) is 0.201. The first-order valence-corrected chi connectivity index (χ1v) is 24.9. The van der Waals surface area contributed by atoms with Crippen molar-refractivity contribution in [1.29, 1.82) is 0 Å². The normalized spacial score (nSPS) is 19.4. The summed E-state index contributed by atoms with van der Waals surface area (Å²) in [6, 6.07) is 11.9. The van der Waals surface area contributed by atoms with E-state index in [-0.39, 0.29) is 0 Å². The number of rotatable bonds is 10. The first-order chi connectivity index (χ1) is 17.4. The predicted octanol–water partition coefficient (Wildman–Crippen LogP) is 10.8. The van der Waals surface area contributed by atoms with Crippen LogP contribution in [0.1, 0.15) is 78.9 Å². The predicted molar refractivity (Wildman–Crippen MR) is 168 cm³/mol. The average molecular weight is 560 g/mol. The summed E-state index contributed by atoms with van der Waals surface area (Å²) in [7, 11) is -2.90. The van der Waals surface area contributed by atoms with Gasteiger partial charge in [-0.15, -0.1) is 0 Å². The number of fused-ring (bicyclic) bond motifs is 2. The number of hydrogen-bond acceptors (Lipinski definition) is 0. The van der Waals surface area contributed by atoms with Gasteiger partial charge in [0.2, 0.25) is 0 Å². The van der Waals surface area contributed by atoms with Gasteiger partial charge in [-0.05, 0) is 0 Å². The minimum absolute atomic E-state index is 0.664. The molecule has 0 fully saturated rings. The summed E-state index contributed by atoms with van der Waals surface area (Å²) in [5, 5.41) is 2.11. The van der Waals surface area contributed by atoms with Crippen molar-refractivity contribution in [2.75, 3.05) is 0 Å². The topological polar surface area (TPSA) is 0 Å². The SMILES string of the molecule is CCCCC[CH]([C]([Si](C)(C)C)[Si](C)(C)C)[Sc]([CH]1C=Cc2c(C)cccc21)[CH]1C=Cc2c(C)ccc(C)c21. The van der Waals surface area contributed by atoms with Gasteiger partial charge in [0.25, 0.3) is 0 Å². The molecule has 2 aliphatic rings. The van der Waals surface area contributed by atoms with Crippen LogP contribution >= 0.6 is 0 Å². The third kappa shape index (κ3) is 5.89. The van der Waals surface area contributed by atoms with Crippen LogP contribution in [0.3, 0.4) is 0 Å². The van der Waals surface area contributed by atoms with Crippen LogP contribution in [-0.2, 0) is 21.4 Å². The molecule has 1 radical (unpaired) electrons. The van der Waals surface area contributed by atoms with Crippen molar-refractivity contribution < 1.29 is 21.4 Å². The van der Waals surface area contributed by atoms with Gasteiger partial charge in [-0.1, -0.05) is 0 Å². The molecule has 2 aromatic carbocycles. The van der Waals surface area contributed by atoms with Crippen molar-refractivity contribution in [1.82, 2.24) is 0 Å². The van der Waals surface area contributed by atoms with E-state index in [9.17, 15) is 0 Å². The molecular formula is C34H50ScSi2. The van der Waals surface area contributed by atoms with Crippen LogP contribution in [0.15, 0.2) is 42.5 Å². The number of aryl methyl sites for hydroxylation is 3. The Kier molecular flexibility index (Phi) is 8.98. The Hall–Kier alpha value is -0.776. The van der Waals surface area contributed by atoms with Gasteiger partial charge in [0.15, 0.2) is 0 Å². The number of unbranched alkanes of at least 4 members (excludes halogenated alkanes) is 2. The first kappa shape index (κ1) is 29.2. The van der Waals surface area contributed by atoms with Gasteiger partial charge >= 0.3 is 240 Å². The van der Waals surface area contributed by atoms with Gasteiger partial charge in [-0.2, -0.15) is 0 Å². The third-order valence-electron chi connectivity index (χ3n) is 9.11. The molecule has 0 amide bonds. The van der Waals surface area contributed by atoms with Crippen LogP contribution < -0.4 is 0 Å². The first-order valence-electron chi connectivity index (χ1n) is 14.8. The standard InChI is InChI=1S/C13H30Si2.C11H11.C10H9.Sc/c1-8-9-10-11-12-13(14(2,3)4)15(5,6)7;1-8-6-7-9(2)11-5-3-4-10(8)11;1-8-4-2-5-9-6-3-7-10(8)9;/h12H,8-11H2,1-7H3;3-7H,1-2H3;2-7H,1H3;. The average Bonchev–Trinajstić information content (AvgIpc) is 3.42. The summed E-state index contributed by atoms with van der Waals surface area (Å²) in [5.41, 5.74) is 10.9. The number of allylic oxidation sites excluding steroid dienone is 2. The summed E-state index contributed by atoms with van der Waals surface area (Å²) in [6.45, 7) is 25.4. The Bertz CT molecular complexity index is 1160. The molecule has 197 valence electrons. The summed E-state index contributed by atoms with van der Waals surface area (Å²) < 4.78 is 2.19. The molecule has 0 N–H and O–H groups in total. The molecule has 0 aliphatic heterocycles. The Morgan fingerprint density at radius 2 is 1.35 bits per heavy atom. The van der Waals surface area contributed by atoms with Crippen molar-refractivity contribution >= 4 is 28.3 Å². The van der Waals surface area contributed by atoms with Crippen molar-refractivity contribution in [3.63, 3.8) is 0 Å². The van der Waals surface area contributed by atoms with Gasteiger partial charge in [0, 0.05) is 0 Å². The molecule has 3 heteroatoms. The molecule has 3 unspecified atom stereocenters. The zero-order valence-corrected chi connectivity index (χ0v) is 29.1. The second kappa shape index (κ2) is 11.4. The summed E-state index contributed by atoms with van der Waals surface area (Å²) in [5.74, 6) is 0. The second-order valence-corrected chi connectivity index (χ2v) is 29.8. The molecular weight excluding hydrogens is 510 g/mol. The molecule has 0 bridgehead atoms. The molecule has 0 heterocycles. The Morgan fingerprint density at radius 1 is 0.757 bits per heavy atom. The van der Waals surface area contributed by atoms with E-state index < -0.39 is 37.6 Å². The second-order valence-electron chi connectivity index (χ2n) is 14.0. The van der Waals surface area contributed by atoms with Gasteiger partial charge in [-0.25, -0.2) is 0 Å². The van der Waals surface area contributed by atoms with Crippen molar-refractivity contribution in [3.05, 3.63) is 86.6 Å². The minimum atomic E-state index is -2.14. The zero-order valence-electron chi connectivity index (χ0n) is 25.3. The van der Waals surface area contributed by atoms with Crippen LogP contribution in [-0.4, -0.2) is 16.1 Å². The van der Waals surface area contributed by atoms with Gasteiger partial charge in [-0.3, -0.25) is 0 Å². The zero-order chi connectivity index (χ0) is 27.1. The van der Waals surface area contributed by atoms with E-state index in [0.717, 1.165) is 3.67 Å². The molecule has 0 aromatic heterocycles. The van der Waals surface area contributed by atoms with E-state index in [2.05, 4.69) is 127 Å². The van der Waals surface area contributed by atoms with Crippen LogP contribution in [0, 0.1) is 25.9 Å². The Morgan fingerprint density at radius 3 is 2.00 bits per heavy atom. The van der Waals surface area contributed by atoms with Gasteiger partial charge in [0.1, 0.15) is 0 Å². The van der Waals surface area contributed by atoms with E-state index in [1.807, 2.05) is 0 Å². The molecule has 2 aliphatic carbocycles. The summed E-state index contributed by atoms with van der Waals surface area (Å²) in [4.78, 5) is 0. The fourth-order valence-electron chi connectivity index (χ4n) is 8.10. The molecule has 0 saturated heterocycles. The summed E-state index contributed by atoms with van der Waals surface area (Å²) in [6.07, 6.45) is 15.9. The molecule has 2 aromatic rings. The fourth-order valence-corrected chi connectivity index (χ4v) is 33.3. The Balaban J connectivity index is 1.94. The van der Waals surface area contributed by atoms with E-state index in [1.54, 1.807) is 16.7 Å². The molecule has 4 rings (SSSR count). The molecule has 3 atom stereocenters. The van der Waals surface area contributed by atoms with Gasteiger partial charge in [0.05, 0.1) is 0 Å². The molecule has 37 heavy (non-hydrogen) atoms. The monoisotopic (exact) mass is 559 g/mol. The van der Waals surface area contributed by atoms with Crippen molar-refractivity contribution in [3.8, 4) is 0 Å². The van der Waals surface area contributed by atoms with E-state index in [0.29, 0.717) is 7.35 Å². The van der Waals surface area contributed by atoms with Crippen LogP contribution in [0.4, 0.5) is 0 Å². The molecule has 0 nitrogen and oxygen atoms in total. The van der Waals surface area contributed by atoms with Crippen LogP contribution in [0.5, 0.6) is 0 Å². The van der Waals surface area contributed by atoms with Crippen LogP contribution in [0.2, 0.25) is 43.0 Å².